The second-order valence-corrected chi connectivity index (χ2v) is 7.72. The van der Waals surface area contributed by atoms with E-state index in [1.165, 1.54) is 11.1 Å². The zero-order valence-electron chi connectivity index (χ0n) is 16.0. The highest BCUT2D eigenvalue weighted by molar-refractivity contribution is 5.99. The van der Waals surface area contributed by atoms with Crippen molar-refractivity contribution in [1.29, 1.82) is 0 Å². The number of hydrogen-bond donors (Lipinski definition) is 2. The van der Waals surface area contributed by atoms with Crippen molar-refractivity contribution < 1.29 is 9.90 Å². The summed E-state index contributed by atoms with van der Waals surface area (Å²) >= 11 is 0. The number of hydrogen-bond acceptors (Lipinski definition) is 2. The number of carbonyl (C=O) groups excluding carboxylic acids is 1. The Morgan fingerprint density at radius 2 is 2.00 bits per heavy atom. The molecule has 0 radical (unpaired) electrons. The second kappa shape index (κ2) is 7.20. The van der Waals surface area contributed by atoms with Crippen LogP contribution in [0.3, 0.4) is 0 Å². The zero-order chi connectivity index (χ0) is 19.0. The number of rotatable bonds is 4. The first-order valence-electron chi connectivity index (χ1n) is 9.62. The number of aliphatic hydroxyl groups is 1. The molecule has 2 aromatic carbocycles. The van der Waals surface area contributed by atoms with Crippen LogP contribution < -0.4 is 0 Å². The summed E-state index contributed by atoms with van der Waals surface area (Å²) in [5, 5.41) is 10.4. The molecule has 4 nitrogen and oxygen atoms in total. The van der Waals surface area contributed by atoms with Gasteiger partial charge in [0.2, 0.25) is 0 Å². The predicted molar refractivity (Wildman–Crippen MR) is 108 cm³/mol. The van der Waals surface area contributed by atoms with Gasteiger partial charge in [0.1, 0.15) is 0 Å². The normalized spacial score (nSPS) is 17.0. The first-order valence-corrected chi connectivity index (χ1v) is 9.62. The summed E-state index contributed by atoms with van der Waals surface area (Å²) in [6.07, 6.45) is 1.98. The van der Waals surface area contributed by atoms with Crippen LogP contribution in [0.15, 0.2) is 42.5 Å². The summed E-state index contributed by atoms with van der Waals surface area (Å²) in [5.41, 5.74) is 6.41. The van der Waals surface area contributed by atoms with Crippen molar-refractivity contribution in [3.8, 4) is 0 Å². The molecule has 0 aliphatic carbocycles. The number of H-pyrrole nitrogens is 1. The van der Waals surface area contributed by atoms with E-state index in [-0.39, 0.29) is 12.5 Å². The van der Waals surface area contributed by atoms with Crippen molar-refractivity contribution in [1.82, 2.24) is 9.88 Å². The number of aromatic amines is 1. The smallest absolute Gasteiger partial charge is 0.253 e. The first-order chi connectivity index (χ1) is 13.0. The van der Waals surface area contributed by atoms with Gasteiger partial charge in [-0.25, -0.2) is 0 Å². The number of aromatic nitrogens is 1. The van der Waals surface area contributed by atoms with Crippen LogP contribution in [0, 0.1) is 19.8 Å². The molecule has 1 amide bonds. The monoisotopic (exact) mass is 362 g/mol. The molecule has 4 rings (SSSR count). The van der Waals surface area contributed by atoms with Gasteiger partial charge < -0.3 is 15.0 Å². The third kappa shape index (κ3) is 3.50. The lowest BCUT2D eigenvalue weighted by Gasteiger charge is -2.17. The minimum atomic E-state index is 0.0731. The van der Waals surface area contributed by atoms with E-state index in [0.29, 0.717) is 5.92 Å². The molecule has 2 heterocycles. The highest BCUT2D eigenvalue weighted by Crippen LogP contribution is 2.26. The molecular formula is C23H26N2O2. The minimum absolute atomic E-state index is 0.0731. The van der Waals surface area contributed by atoms with Gasteiger partial charge in [-0.1, -0.05) is 24.3 Å². The van der Waals surface area contributed by atoms with E-state index in [9.17, 15) is 9.90 Å². The molecule has 1 saturated heterocycles. The molecule has 2 N–H and O–H groups in total. The Balaban J connectivity index is 1.46. The summed E-state index contributed by atoms with van der Waals surface area (Å²) in [4.78, 5) is 18.3. The Bertz CT molecular complexity index is 989. The molecule has 1 atom stereocenters. The van der Waals surface area contributed by atoms with Crippen LogP contribution in [0.5, 0.6) is 0 Å². The number of fused-ring (bicyclic) bond motifs is 1. The van der Waals surface area contributed by atoms with E-state index in [1.807, 2.05) is 35.2 Å². The van der Waals surface area contributed by atoms with E-state index in [4.69, 9.17) is 0 Å². The lowest BCUT2D eigenvalue weighted by molar-refractivity contribution is 0.0787. The van der Waals surface area contributed by atoms with Gasteiger partial charge in [-0.15, -0.1) is 0 Å². The quantitative estimate of drug-likeness (QED) is 0.737. The summed E-state index contributed by atoms with van der Waals surface area (Å²) in [6, 6.07) is 14.1. The van der Waals surface area contributed by atoms with E-state index in [0.717, 1.165) is 53.7 Å². The summed E-state index contributed by atoms with van der Waals surface area (Å²) in [6.45, 7) is 5.84. The highest BCUT2D eigenvalue weighted by atomic mass is 16.3. The van der Waals surface area contributed by atoms with Gasteiger partial charge in [0.15, 0.2) is 0 Å². The number of aliphatic hydroxyl groups excluding tert-OH is 1. The Hall–Kier alpha value is -2.59. The molecule has 1 aliphatic heterocycles. The average molecular weight is 362 g/mol. The van der Waals surface area contributed by atoms with Gasteiger partial charge in [0.05, 0.1) is 6.61 Å². The van der Waals surface area contributed by atoms with Crippen molar-refractivity contribution in [2.45, 2.75) is 33.3 Å². The number of amides is 1. The number of aryl methyl sites for hydroxylation is 2. The van der Waals surface area contributed by atoms with Crippen LogP contribution in [0.1, 0.15) is 39.2 Å². The lowest BCUT2D eigenvalue weighted by Crippen LogP contribution is -2.28. The fourth-order valence-corrected chi connectivity index (χ4v) is 4.15. The van der Waals surface area contributed by atoms with Gasteiger partial charge in [-0.05, 0) is 67.5 Å². The van der Waals surface area contributed by atoms with Crippen LogP contribution in [0.2, 0.25) is 0 Å². The maximum Gasteiger partial charge on any atom is 0.253 e. The van der Waals surface area contributed by atoms with Gasteiger partial charge in [0, 0.05) is 35.2 Å². The SMILES string of the molecule is Cc1[nH]c2ccc(C(=O)N3CC[C@@H](Cc4cccc(CO)c4)C3)cc2c1C. The molecule has 4 heteroatoms. The molecular weight excluding hydrogens is 336 g/mol. The number of likely N-dealkylation sites (tertiary alicyclic amines) is 1. The molecule has 1 fully saturated rings. The van der Waals surface area contributed by atoms with E-state index in [2.05, 4.69) is 31.0 Å². The first kappa shape index (κ1) is 17.8. The Morgan fingerprint density at radius 3 is 2.81 bits per heavy atom. The number of nitrogens with one attached hydrogen (secondary N) is 1. The molecule has 140 valence electrons. The van der Waals surface area contributed by atoms with Gasteiger partial charge in [-0.2, -0.15) is 0 Å². The zero-order valence-corrected chi connectivity index (χ0v) is 16.0. The Kier molecular flexibility index (Phi) is 4.75. The second-order valence-electron chi connectivity index (χ2n) is 7.72. The fraction of sp³-hybridized carbons (Fsp3) is 0.348. The summed E-state index contributed by atoms with van der Waals surface area (Å²) in [5.74, 6) is 0.602. The molecule has 27 heavy (non-hydrogen) atoms. The standard InChI is InChI=1S/C23H26N2O2/c1-15-16(2)24-22-7-6-20(12-21(15)22)23(27)25-9-8-18(13-25)10-17-4-3-5-19(11-17)14-26/h3-7,11-12,18,24,26H,8-10,13-14H2,1-2H3/t18-/m0/s1. The number of nitrogens with zero attached hydrogens (tertiary/aromatic N) is 1. The van der Waals surface area contributed by atoms with E-state index < -0.39 is 0 Å². The minimum Gasteiger partial charge on any atom is -0.392 e. The van der Waals surface area contributed by atoms with Gasteiger partial charge in [-0.3, -0.25) is 4.79 Å². The molecule has 0 spiro atoms. The molecule has 0 bridgehead atoms. The van der Waals surface area contributed by atoms with Gasteiger partial charge >= 0.3 is 0 Å². The van der Waals surface area contributed by atoms with Gasteiger partial charge in [0.25, 0.3) is 5.91 Å². The van der Waals surface area contributed by atoms with E-state index >= 15 is 0 Å². The lowest BCUT2D eigenvalue weighted by atomic mass is 9.97. The van der Waals surface area contributed by atoms with Crippen molar-refractivity contribution >= 4 is 16.8 Å². The molecule has 1 aliphatic rings. The Morgan fingerprint density at radius 1 is 1.19 bits per heavy atom. The molecule has 3 aromatic rings. The van der Waals surface area contributed by atoms with Crippen LogP contribution in [0.25, 0.3) is 10.9 Å². The third-order valence-electron chi connectivity index (χ3n) is 5.83. The fourth-order valence-electron chi connectivity index (χ4n) is 4.15. The van der Waals surface area contributed by atoms with Crippen molar-refractivity contribution in [2.75, 3.05) is 13.1 Å². The summed E-state index contributed by atoms with van der Waals surface area (Å²) < 4.78 is 0. The number of carbonyl (C=O) groups is 1. The van der Waals surface area contributed by atoms with Crippen LogP contribution in [-0.2, 0) is 13.0 Å². The molecule has 0 saturated carbocycles. The van der Waals surface area contributed by atoms with Crippen molar-refractivity contribution in [3.05, 3.63) is 70.4 Å². The maximum absolute atomic E-state index is 13.0. The van der Waals surface area contributed by atoms with E-state index in [1.54, 1.807) is 0 Å². The van der Waals surface area contributed by atoms with Crippen LogP contribution in [-0.4, -0.2) is 34.0 Å². The maximum atomic E-state index is 13.0. The predicted octanol–water partition coefficient (Wildman–Crippen LogP) is 3.98. The number of benzene rings is 2. The highest BCUT2D eigenvalue weighted by Gasteiger charge is 2.27. The topological polar surface area (TPSA) is 56.3 Å². The van der Waals surface area contributed by atoms with Crippen molar-refractivity contribution in [3.63, 3.8) is 0 Å². The largest absolute Gasteiger partial charge is 0.392 e. The average Bonchev–Trinajstić information content (AvgIpc) is 3.26. The molecule has 1 aromatic heterocycles. The Labute approximate surface area is 159 Å². The van der Waals surface area contributed by atoms with Crippen molar-refractivity contribution in [2.24, 2.45) is 5.92 Å². The summed E-state index contributed by atoms with van der Waals surface area (Å²) in [7, 11) is 0. The van der Waals surface area contributed by atoms with Crippen LogP contribution in [0.4, 0.5) is 0 Å². The van der Waals surface area contributed by atoms with Crippen LogP contribution >= 0.6 is 0 Å². The molecule has 0 unspecified atom stereocenters. The third-order valence-corrected chi connectivity index (χ3v) is 5.83.